The zero-order chi connectivity index (χ0) is 11.5. The minimum atomic E-state index is 0.000427. The number of rotatable bonds is 2. The molecule has 2 rings (SSSR count). The highest BCUT2D eigenvalue weighted by Crippen LogP contribution is 2.26. The van der Waals surface area contributed by atoms with Gasteiger partial charge in [-0.05, 0) is 6.92 Å². The van der Waals surface area contributed by atoms with Gasteiger partial charge in [-0.1, -0.05) is 29.8 Å². The predicted octanol–water partition coefficient (Wildman–Crippen LogP) is 1.29. The third kappa shape index (κ3) is 2.03. The van der Waals surface area contributed by atoms with E-state index in [-0.39, 0.29) is 5.96 Å². The highest BCUT2D eigenvalue weighted by molar-refractivity contribution is 5.81. The summed E-state index contributed by atoms with van der Waals surface area (Å²) >= 11 is 0. The van der Waals surface area contributed by atoms with Gasteiger partial charge in [-0.2, -0.15) is 4.99 Å². The molecular weight excluding hydrogens is 202 g/mol. The maximum Gasteiger partial charge on any atom is 0.192 e. The Morgan fingerprint density at radius 3 is 2.56 bits per heavy atom. The van der Waals surface area contributed by atoms with Gasteiger partial charge in [0.05, 0.1) is 12.0 Å². The van der Waals surface area contributed by atoms with Crippen molar-refractivity contribution in [3.05, 3.63) is 36.2 Å². The summed E-state index contributed by atoms with van der Waals surface area (Å²) in [5.41, 5.74) is 13.7. The number of guanidine groups is 1. The SMILES string of the molecule is Cc1ccc(-c2[nH]cnc2N=C(N)N)cc1. The van der Waals surface area contributed by atoms with E-state index in [0.29, 0.717) is 5.82 Å². The fourth-order valence-corrected chi connectivity index (χ4v) is 1.43. The van der Waals surface area contributed by atoms with Crippen molar-refractivity contribution in [2.24, 2.45) is 16.5 Å². The number of hydrogen-bond donors (Lipinski definition) is 3. The molecular formula is C11H13N5. The van der Waals surface area contributed by atoms with Gasteiger partial charge in [-0.15, -0.1) is 0 Å². The maximum atomic E-state index is 5.33. The molecule has 0 fully saturated rings. The third-order valence-corrected chi connectivity index (χ3v) is 2.19. The molecule has 0 spiro atoms. The Labute approximate surface area is 93.2 Å². The first kappa shape index (κ1) is 10.2. The van der Waals surface area contributed by atoms with E-state index in [4.69, 9.17) is 11.5 Å². The summed E-state index contributed by atoms with van der Waals surface area (Å²) in [6.07, 6.45) is 1.57. The van der Waals surface area contributed by atoms with Crippen LogP contribution in [0.1, 0.15) is 5.56 Å². The number of aliphatic imine (C=N–C) groups is 1. The molecule has 1 aromatic carbocycles. The van der Waals surface area contributed by atoms with Crippen LogP contribution in [0.15, 0.2) is 35.6 Å². The lowest BCUT2D eigenvalue weighted by atomic mass is 10.1. The molecule has 5 heteroatoms. The van der Waals surface area contributed by atoms with Crippen molar-refractivity contribution >= 4 is 11.8 Å². The standard InChI is InChI=1S/C11H13N5/c1-7-2-4-8(5-3-7)9-10(15-6-14-9)16-11(12)13/h2-6H,1H3,(H,14,15)(H4,12,13,16). The number of nitrogens with one attached hydrogen (secondary N) is 1. The lowest BCUT2D eigenvalue weighted by Gasteiger charge is -2.00. The van der Waals surface area contributed by atoms with Gasteiger partial charge >= 0.3 is 0 Å². The molecule has 16 heavy (non-hydrogen) atoms. The summed E-state index contributed by atoms with van der Waals surface area (Å²) in [5, 5.41) is 0. The molecule has 0 saturated carbocycles. The molecule has 0 aliphatic heterocycles. The van der Waals surface area contributed by atoms with Gasteiger partial charge in [0.1, 0.15) is 0 Å². The first-order chi connectivity index (χ1) is 7.66. The Morgan fingerprint density at radius 2 is 1.94 bits per heavy atom. The number of imidazole rings is 1. The van der Waals surface area contributed by atoms with E-state index < -0.39 is 0 Å². The van der Waals surface area contributed by atoms with E-state index in [1.807, 2.05) is 31.2 Å². The number of nitrogens with zero attached hydrogens (tertiary/aromatic N) is 2. The van der Waals surface area contributed by atoms with Gasteiger partial charge in [-0.3, -0.25) is 0 Å². The smallest absolute Gasteiger partial charge is 0.192 e. The first-order valence-electron chi connectivity index (χ1n) is 4.87. The van der Waals surface area contributed by atoms with Crippen LogP contribution in [0.25, 0.3) is 11.3 Å². The first-order valence-corrected chi connectivity index (χ1v) is 4.87. The second-order valence-corrected chi connectivity index (χ2v) is 3.50. The summed E-state index contributed by atoms with van der Waals surface area (Å²) in [7, 11) is 0. The molecule has 5 N–H and O–H groups in total. The Kier molecular flexibility index (Phi) is 2.59. The minimum Gasteiger partial charge on any atom is -0.370 e. The molecule has 0 saturated heterocycles. The van der Waals surface area contributed by atoms with Crippen molar-refractivity contribution in [2.75, 3.05) is 0 Å². The molecule has 2 aromatic rings. The summed E-state index contributed by atoms with van der Waals surface area (Å²) in [6.45, 7) is 2.04. The average Bonchev–Trinajstić information content (AvgIpc) is 2.66. The number of H-pyrrole nitrogens is 1. The van der Waals surface area contributed by atoms with Crippen LogP contribution in [0, 0.1) is 6.92 Å². The van der Waals surface area contributed by atoms with E-state index in [1.165, 1.54) is 5.56 Å². The quantitative estimate of drug-likeness (QED) is 0.520. The van der Waals surface area contributed by atoms with Crippen LogP contribution in [-0.4, -0.2) is 15.9 Å². The number of nitrogens with two attached hydrogens (primary N) is 2. The molecule has 82 valence electrons. The van der Waals surface area contributed by atoms with Crippen LogP contribution in [0.3, 0.4) is 0 Å². The molecule has 0 aliphatic rings. The number of aromatic nitrogens is 2. The highest BCUT2D eigenvalue weighted by atomic mass is 15.1. The third-order valence-electron chi connectivity index (χ3n) is 2.19. The van der Waals surface area contributed by atoms with Crippen molar-refractivity contribution in [2.45, 2.75) is 6.92 Å². The maximum absolute atomic E-state index is 5.33. The van der Waals surface area contributed by atoms with E-state index in [2.05, 4.69) is 15.0 Å². The van der Waals surface area contributed by atoms with Crippen molar-refractivity contribution in [3.8, 4) is 11.3 Å². The lowest BCUT2D eigenvalue weighted by Crippen LogP contribution is -2.22. The lowest BCUT2D eigenvalue weighted by molar-refractivity contribution is 1.29. The molecule has 0 amide bonds. The summed E-state index contributed by atoms with van der Waals surface area (Å²) in [5.74, 6) is 0.504. The number of hydrogen-bond acceptors (Lipinski definition) is 2. The van der Waals surface area contributed by atoms with Crippen molar-refractivity contribution in [3.63, 3.8) is 0 Å². The Hall–Kier alpha value is -2.30. The van der Waals surface area contributed by atoms with Crippen LogP contribution < -0.4 is 11.5 Å². The van der Waals surface area contributed by atoms with Crippen molar-refractivity contribution in [1.82, 2.24) is 9.97 Å². The Balaban J connectivity index is 2.44. The van der Waals surface area contributed by atoms with E-state index in [1.54, 1.807) is 6.33 Å². The van der Waals surface area contributed by atoms with Crippen molar-refractivity contribution in [1.29, 1.82) is 0 Å². The number of aryl methyl sites for hydroxylation is 1. The van der Waals surface area contributed by atoms with Gasteiger partial charge in [0.25, 0.3) is 0 Å². The van der Waals surface area contributed by atoms with Gasteiger partial charge in [-0.25, -0.2) is 4.98 Å². The van der Waals surface area contributed by atoms with Crippen LogP contribution in [0.4, 0.5) is 5.82 Å². The largest absolute Gasteiger partial charge is 0.370 e. The fourth-order valence-electron chi connectivity index (χ4n) is 1.43. The zero-order valence-corrected chi connectivity index (χ0v) is 8.94. The molecule has 1 aromatic heterocycles. The average molecular weight is 215 g/mol. The second kappa shape index (κ2) is 4.06. The molecule has 0 unspecified atom stereocenters. The normalized spacial score (nSPS) is 10.1. The van der Waals surface area contributed by atoms with Crippen LogP contribution in [-0.2, 0) is 0 Å². The van der Waals surface area contributed by atoms with Crippen LogP contribution >= 0.6 is 0 Å². The van der Waals surface area contributed by atoms with Gasteiger partial charge < -0.3 is 16.5 Å². The van der Waals surface area contributed by atoms with Gasteiger partial charge in [0, 0.05) is 5.56 Å². The number of aromatic amines is 1. The summed E-state index contributed by atoms with van der Waals surface area (Å²) in [6, 6.07) is 8.04. The van der Waals surface area contributed by atoms with E-state index in [0.717, 1.165) is 11.3 Å². The summed E-state index contributed by atoms with van der Waals surface area (Å²) < 4.78 is 0. The zero-order valence-electron chi connectivity index (χ0n) is 8.94. The monoisotopic (exact) mass is 215 g/mol. The van der Waals surface area contributed by atoms with Gasteiger partial charge in [0.2, 0.25) is 0 Å². The number of benzene rings is 1. The molecule has 1 heterocycles. The van der Waals surface area contributed by atoms with E-state index >= 15 is 0 Å². The molecule has 0 aliphatic carbocycles. The minimum absolute atomic E-state index is 0.000427. The van der Waals surface area contributed by atoms with Gasteiger partial charge in [0.15, 0.2) is 11.8 Å². The molecule has 0 radical (unpaired) electrons. The predicted molar refractivity (Wildman–Crippen MR) is 64.2 cm³/mol. The Bertz CT molecular complexity index is 505. The van der Waals surface area contributed by atoms with Crippen LogP contribution in [0.2, 0.25) is 0 Å². The fraction of sp³-hybridized carbons (Fsp3) is 0.0909. The Morgan fingerprint density at radius 1 is 1.25 bits per heavy atom. The molecule has 0 atom stereocenters. The highest BCUT2D eigenvalue weighted by Gasteiger charge is 2.06. The van der Waals surface area contributed by atoms with Crippen molar-refractivity contribution < 1.29 is 0 Å². The summed E-state index contributed by atoms with van der Waals surface area (Å²) in [4.78, 5) is 11.0. The van der Waals surface area contributed by atoms with E-state index in [9.17, 15) is 0 Å². The second-order valence-electron chi connectivity index (χ2n) is 3.50. The van der Waals surface area contributed by atoms with Crippen LogP contribution in [0.5, 0.6) is 0 Å². The topological polar surface area (TPSA) is 93.1 Å². The molecule has 0 bridgehead atoms. The molecule has 5 nitrogen and oxygen atoms in total.